The summed E-state index contributed by atoms with van der Waals surface area (Å²) in [5.41, 5.74) is 2.06. The highest BCUT2D eigenvalue weighted by molar-refractivity contribution is 5.64. The molecule has 1 aromatic carbocycles. The van der Waals surface area contributed by atoms with Crippen molar-refractivity contribution in [2.24, 2.45) is 5.41 Å². The third-order valence-corrected chi connectivity index (χ3v) is 8.31. The van der Waals surface area contributed by atoms with Crippen LogP contribution in [-0.2, 0) is 10.2 Å². The van der Waals surface area contributed by atoms with Crippen molar-refractivity contribution in [3.05, 3.63) is 65.1 Å². The molecule has 1 aliphatic heterocycles. The predicted molar refractivity (Wildman–Crippen MR) is 125 cm³/mol. The lowest BCUT2D eigenvalue weighted by atomic mass is 9.66. The van der Waals surface area contributed by atoms with E-state index in [0.29, 0.717) is 25.6 Å². The summed E-state index contributed by atoms with van der Waals surface area (Å²) in [6.45, 7) is 6.05. The number of aliphatic hydroxyl groups excluding tert-OH is 1. The third kappa shape index (κ3) is 3.14. The van der Waals surface area contributed by atoms with Crippen molar-refractivity contribution in [2.45, 2.75) is 44.1 Å². The van der Waals surface area contributed by atoms with Gasteiger partial charge >= 0.3 is 0 Å². The van der Waals surface area contributed by atoms with Crippen molar-refractivity contribution in [3.8, 4) is 11.3 Å². The molecular formula is C26H27F2N5O2. The second kappa shape index (κ2) is 7.99. The van der Waals surface area contributed by atoms with E-state index < -0.39 is 17.0 Å². The van der Waals surface area contributed by atoms with E-state index in [0.717, 1.165) is 29.8 Å². The normalized spacial score (nSPS) is 26.7. The summed E-state index contributed by atoms with van der Waals surface area (Å²) >= 11 is 0. The molecule has 35 heavy (non-hydrogen) atoms. The highest BCUT2D eigenvalue weighted by Gasteiger charge is 2.65. The second-order valence-electron chi connectivity index (χ2n) is 10.2. The molecule has 0 radical (unpaired) electrons. The Morgan fingerprint density at radius 1 is 1.17 bits per heavy atom. The zero-order valence-electron chi connectivity index (χ0n) is 19.7. The van der Waals surface area contributed by atoms with Gasteiger partial charge in [-0.1, -0.05) is 19.9 Å². The SMILES string of the molecule is CC1(C)[C@H]2CC[C@@]1(c1ccnc(N3CCO[C@@H](CO)C3)n1)c1nnc(-c3c(F)cccc3F)cc12. The number of benzene rings is 1. The Balaban J connectivity index is 1.45. The van der Waals surface area contributed by atoms with E-state index >= 15 is 0 Å². The standard InChI is InChI=1S/C26H27F2N5O2/c1-25(2)17-6-8-26(25,21-7-9-29-24(30-21)33-10-11-35-15(13-33)14-34)23-16(17)12-20(31-32-23)22-18(27)4-3-5-19(22)28/h3-5,7,9,12,15,17,34H,6,8,10-11,13-14H2,1-2H3/t15-,17+,26-/m1/s1. The molecule has 3 atom stereocenters. The van der Waals surface area contributed by atoms with Gasteiger partial charge in [-0.25, -0.2) is 18.7 Å². The van der Waals surface area contributed by atoms with Crippen LogP contribution in [0.3, 0.4) is 0 Å². The van der Waals surface area contributed by atoms with Crippen molar-refractivity contribution in [1.82, 2.24) is 20.2 Å². The number of rotatable bonds is 4. The minimum atomic E-state index is -0.650. The fourth-order valence-corrected chi connectivity index (χ4v) is 6.51. The molecule has 2 aromatic heterocycles. The molecule has 0 amide bonds. The number of fused-ring (bicyclic) bond motifs is 5. The molecule has 3 aliphatic rings. The van der Waals surface area contributed by atoms with Crippen LogP contribution in [0.15, 0.2) is 36.5 Å². The van der Waals surface area contributed by atoms with Gasteiger partial charge in [0, 0.05) is 19.3 Å². The van der Waals surface area contributed by atoms with Crippen LogP contribution < -0.4 is 4.90 Å². The highest BCUT2D eigenvalue weighted by Crippen LogP contribution is 2.69. The number of aliphatic hydroxyl groups is 1. The molecule has 2 fully saturated rings. The van der Waals surface area contributed by atoms with E-state index in [-0.39, 0.29) is 35.3 Å². The van der Waals surface area contributed by atoms with Crippen molar-refractivity contribution >= 4 is 5.95 Å². The van der Waals surface area contributed by atoms with Gasteiger partial charge in [-0.2, -0.15) is 5.10 Å². The van der Waals surface area contributed by atoms with Crippen molar-refractivity contribution in [1.29, 1.82) is 0 Å². The van der Waals surface area contributed by atoms with Crippen molar-refractivity contribution < 1.29 is 18.6 Å². The van der Waals surface area contributed by atoms with E-state index in [1.165, 1.54) is 18.2 Å². The highest BCUT2D eigenvalue weighted by atomic mass is 19.1. The molecule has 2 bridgehead atoms. The average Bonchev–Trinajstić information content (AvgIpc) is 3.25. The van der Waals surface area contributed by atoms with Crippen LogP contribution in [0.1, 0.15) is 49.6 Å². The first-order valence-corrected chi connectivity index (χ1v) is 12.0. The maximum Gasteiger partial charge on any atom is 0.225 e. The number of halogens is 2. The molecule has 1 saturated heterocycles. The lowest BCUT2D eigenvalue weighted by Gasteiger charge is -2.38. The van der Waals surface area contributed by atoms with Gasteiger partial charge in [0.1, 0.15) is 11.6 Å². The lowest BCUT2D eigenvalue weighted by Crippen LogP contribution is -2.45. The zero-order valence-corrected chi connectivity index (χ0v) is 19.7. The Kier molecular flexibility index (Phi) is 5.12. The quantitative estimate of drug-likeness (QED) is 0.612. The first-order chi connectivity index (χ1) is 16.9. The molecule has 1 N–H and O–H groups in total. The van der Waals surface area contributed by atoms with Gasteiger partial charge in [0.25, 0.3) is 0 Å². The monoisotopic (exact) mass is 479 g/mol. The fraction of sp³-hybridized carbons (Fsp3) is 0.462. The third-order valence-electron chi connectivity index (χ3n) is 8.31. The summed E-state index contributed by atoms with van der Waals surface area (Å²) in [5, 5.41) is 18.4. The number of ether oxygens (including phenoxy) is 1. The first kappa shape index (κ1) is 22.4. The first-order valence-electron chi connectivity index (χ1n) is 12.0. The van der Waals surface area contributed by atoms with Gasteiger partial charge in [-0.15, -0.1) is 5.10 Å². The fourth-order valence-electron chi connectivity index (χ4n) is 6.51. The van der Waals surface area contributed by atoms with Crippen LogP contribution in [0.5, 0.6) is 0 Å². The molecule has 9 heteroatoms. The molecule has 3 aromatic rings. The van der Waals surface area contributed by atoms with E-state index in [1.807, 2.05) is 17.0 Å². The number of morpholine rings is 1. The summed E-state index contributed by atoms with van der Waals surface area (Å²) in [4.78, 5) is 11.6. The Labute approximate surface area is 202 Å². The molecule has 6 rings (SSSR count). The van der Waals surface area contributed by atoms with Crippen LogP contribution >= 0.6 is 0 Å². The van der Waals surface area contributed by atoms with Gasteiger partial charge in [0.15, 0.2) is 0 Å². The second-order valence-corrected chi connectivity index (χ2v) is 10.2. The molecule has 2 aliphatic carbocycles. The van der Waals surface area contributed by atoms with Gasteiger partial charge < -0.3 is 14.7 Å². The summed E-state index contributed by atoms with van der Waals surface area (Å²) < 4.78 is 34.6. The molecule has 1 saturated carbocycles. The Bertz CT molecular complexity index is 1280. The van der Waals surface area contributed by atoms with E-state index in [4.69, 9.17) is 9.72 Å². The van der Waals surface area contributed by atoms with Crippen molar-refractivity contribution in [2.75, 3.05) is 31.2 Å². The van der Waals surface area contributed by atoms with Crippen LogP contribution in [-0.4, -0.2) is 57.7 Å². The van der Waals surface area contributed by atoms with Crippen LogP contribution in [0.25, 0.3) is 11.3 Å². The van der Waals surface area contributed by atoms with Gasteiger partial charge in [0.2, 0.25) is 5.95 Å². The largest absolute Gasteiger partial charge is 0.394 e. The smallest absolute Gasteiger partial charge is 0.225 e. The summed E-state index contributed by atoms with van der Waals surface area (Å²) in [6, 6.07) is 7.57. The Morgan fingerprint density at radius 2 is 1.97 bits per heavy atom. The average molecular weight is 480 g/mol. The van der Waals surface area contributed by atoms with Crippen LogP contribution in [0.2, 0.25) is 0 Å². The summed E-state index contributed by atoms with van der Waals surface area (Å²) in [5.74, 6) is -0.529. The summed E-state index contributed by atoms with van der Waals surface area (Å²) in [7, 11) is 0. The number of aromatic nitrogens is 4. The van der Waals surface area contributed by atoms with Gasteiger partial charge in [-0.3, -0.25) is 0 Å². The van der Waals surface area contributed by atoms with Crippen LogP contribution in [0.4, 0.5) is 14.7 Å². The lowest BCUT2D eigenvalue weighted by molar-refractivity contribution is 0.00311. The minimum Gasteiger partial charge on any atom is -0.394 e. The van der Waals surface area contributed by atoms with Crippen molar-refractivity contribution in [3.63, 3.8) is 0 Å². The number of hydrogen-bond acceptors (Lipinski definition) is 7. The van der Waals surface area contributed by atoms with Gasteiger partial charge in [-0.05, 0) is 54.0 Å². The van der Waals surface area contributed by atoms with E-state index in [2.05, 4.69) is 29.0 Å². The molecule has 0 spiro atoms. The topological polar surface area (TPSA) is 84.3 Å². The number of anilines is 1. The molecule has 182 valence electrons. The van der Waals surface area contributed by atoms with E-state index in [1.54, 1.807) is 6.20 Å². The predicted octanol–water partition coefficient (Wildman–Crippen LogP) is 3.61. The molecule has 0 unspecified atom stereocenters. The maximum absolute atomic E-state index is 14.5. The van der Waals surface area contributed by atoms with Crippen LogP contribution in [0, 0.1) is 17.0 Å². The summed E-state index contributed by atoms with van der Waals surface area (Å²) in [6.07, 6.45) is 3.29. The minimum absolute atomic E-state index is 0.0528. The molecule has 7 nitrogen and oxygen atoms in total. The Hall–Kier alpha value is -3.04. The van der Waals surface area contributed by atoms with Gasteiger partial charge in [0.05, 0.1) is 47.4 Å². The Morgan fingerprint density at radius 3 is 2.74 bits per heavy atom. The molecule has 3 heterocycles. The zero-order chi connectivity index (χ0) is 24.4. The van der Waals surface area contributed by atoms with E-state index in [9.17, 15) is 13.9 Å². The molecular weight excluding hydrogens is 452 g/mol. The maximum atomic E-state index is 14.5. The number of hydrogen-bond donors (Lipinski definition) is 1. The number of nitrogens with zero attached hydrogens (tertiary/aromatic N) is 5.